The lowest BCUT2D eigenvalue weighted by Crippen LogP contribution is -2.33. The molecule has 10 nitrogen and oxygen atoms in total. The fourth-order valence-corrected chi connectivity index (χ4v) is 4.65. The zero-order valence-electron chi connectivity index (χ0n) is 16.9. The molecule has 0 aliphatic carbocycles. The average molecular weight is 438 g/mol. The molecule has 2 amide bonds. The lowest BCUT2D eigenvalue weighted by molar-refractivity contribution is -0.115. The molecule has 31 heavy (non-hydrogen) atoms. The Kier molecular flexibility index (Phi) is 5.11. The summed E-state index contributed by atoms with van der Waals surface area (Å²) in [5, 5.41) is 10.7. The highest BCUT2D eigenvalue weighted by Gasteiger charge is 2.19. The van der Waals surface area contributed by atoms with E-state index in [1.165, 1.54) is 23.5 Å². The zero-order chi connectivity index (χ0) is 22.3. The van der Waals surface area contributed by atoms with E-state index in [2.05, 4.69) is 30.8 Å². The molecule has 4 N–H and O–H groups in total. The molecular formula is C20H18N6O4S. The van der Waals surface area contributed by atoms with Crippen LogP contribution in [0.15, 0.2) is 27.8 Å². The lowest BCUT2D eigenvalue weighted by Gasteiger charge is -2.08. The number of amides is 2. The fraction of sp³-hybridized carbons (Fsp3) is 0.200. The molecule has 0 aliphatic heterocycles. The van der Waals surface area contributed by atoms with Gasteiger partial charge in [-0.15, -0.1) is 11.3 Å². The van der Waals surface area contributed by atoms with Crippen molar-refractivity contribution in [2.24, 2.45) is 0 Å². The normalized spacial score (nSPS) is 11.1. The average Bonchev–Trinajstić information content (AvgIpc) is 3.05. The highest BCUT2D eigenvalue weighted by atomic mass is 32.1. The number of hydrogen-bond donors (Lipinski definition) is 4. The van der Waals surface area contributed by atoms with Gasteiger partial charge in [-0.05, 0) is 38.5 Å². The number of aromatic amines is 2. The standard InChI is InChI=1S/C20H18N6O4S/c1-8-14-9(2)22-10(3)23-20(14)31-16(8)19(30)21-7-13(27)24-12-6-4-5-11-15(12)18(29)26-25-17(11)28/h4-6H,7H2,1-3H3,(H,21,30)(H,24,27)(H,25,28)(H,26,29). The van der Waals surface area contributed by atoms with E-state index in [1.807, 2.05) is 13.8 Å². The minimum absolute atomic E-state index is 0.0655. The molecule has 0 atom stereocenters. The van der Waals surface area contributed by atoms with Crippen molar-refractivity contribution in [3.63, 3.8) is 0 Å². The van der Waals surface area contributed by atoms with Crippen LogP contribution in [0.1, 0.15) is 26.8 Å². The van der Waals surface area contributed by atoms with E-state index in [-0.39, 0.29) is 23.0 Å². The number of carbonyl (C=O) groups is 2. The summed E-state index contributed by atoms with van der Waals surface area (Å²) in [5.41, 5.74) is 0.720. The van der Waals surface area contributed by atoms with Gasteiger partial charge in [-0.1, -0.05) is 6.07 Å². The summed E-state index contributed by atoms with van der Waals surface area (Å²) in [6.45, 7) is 5.16. The molecule has 4 rings (SSSR count). The van der Waals surface area contributed by atoms with Crippen LogP contribution in [0.3, 0.4) is 0 Å². The first-order valence-corrected chi connectivity index (χ1v) is 10.1. The summed E-state index contributed by atoms with van der Waals surface area (Å²) < 4.78 is 0. The van der Waals surface area contributed by atoms with Crippen molar-refractivity contribution >= 4 is 49.8 Å². The Bertz CT molecular complexity index is 1480. The molecule has 4 aromatic rings. The minimum Gasteiger partial charge on any atom is -0.342 e. The number of H-pyrrole nitrogens is 2. The van der Waals surface area contributed by atoms with E-state index in [9.17, 15) is 19.2 Å². The van der Waals surface area contributed by atoms with Gasteiger partial charge in [0, 0.05) is 11.1 Å². The predicted octanol–water partition coefficient (Wildman–Crippen LogP) is 1.51. The van der Waals surface area contributed by atoms with E-state index in [1.54, 1.807) is 13.0 Å². The number of nitrogens with zero attached hydrogens (tertiary/aromatic N) is 2. The Morgan fingerprint density at radius 2 is 1.77 bits per heavy atom. The highest BCUT2D eigenvalue weighted by molar-refractivity contribution is 7.20. The number of carbonyl (C=O) groups excluding carboxylic acids is 2. The molecule has 0 radical (unpaired) electrons. The zero-order valence-corrected chi connectivity index (χ0v) is 17.7. The number of anilines is 1. The predicted molar refractivity (Wildman–Crippen MR) is 118 cm³/mol. The van der Waals surface area contributed by atoms with E-state index < -0.39 is 22.9 Å². The molecule has 3 aromatic heterocycles. The largest absolute Gasteiger partial charge is 0.342 e. The van der Waals surface area contributed by atoms with Crippen LogP contribution in [0.4, 0.5) is 5.69 Å². The maximum absolute atomic E-state index is 12.7. The van der Waals surface area contributed by atoms with Gasteiger partial charge in [0.1, 0.15) is 10.7 Å². The Morgan fingerprint density at radius 3 is 2.55 bits per heavy atom. The molecule has 1 aromatic carbocycles. The summed E-state index contributed by atoms with van der Waals surface area (Å²) in [7, 11) is 0. The number of hydrogen-bond acceptors (Lipinski definition) is 7. The first kappa shape index (κ1) is 20.4. The second kappa shape index (κ2) is 7.76. The summed E-state index contributed by atoms with van der Waals surface area (Å²) >= 11 is 1.24. The summed E-state index contributed by atoms with van der Waals surface area (Å²) in [5.74, 6) is -0.312. The monoisotopic (exact) mass is 438 g/mol. The number of aryl methyl sites for hydroxylation is 3. The molecule has 158 valence electrons. The van der Waals surface area contributed by atoms with Crippen LogP contribution in [-0.4, -0.2) is 38.5 Å². The van der Waals surface area contributed by atoms with Gasteiger partial charge in [0.05, 0.1) is 27.9 Å². The molecule has 0 bridgehead atoms. The third-order valence-electron chi connectivity index (χ3n) is 4.80. The van der Waals surface area contributed by atoms with Gasteiger partial charge in [-0.3, -0.25) is 29.4 Å². The van der Waals surface area contributed by atoms with Gasteiger partial charge in [0.25, 0.3) is 17.0 Å². The van der Waals surface area contributed by atoms with Gasteiger partial charge in [-0.25, -0.2) is 9.97 Å². The molecule has 0 saturated carbocycles. The number of fused-ring (bicyclic) bond motifs is 2. The van der Waals surface area contributed by atoms with Crippen molar-refractivity contribution in [2.75, 3.05) is 11.9 Å². The van der Waals surface area contributed by atoms with E-state index in [0.29, 0.717) is 10.7 Å². The lowest BCUT2D eigenvalue weighted by atomic mass is 10.1. The first-order chi connectivity index (χ1) is 14.8. The van der Waals surface area contributed by atoms with Crippen LogP contribution >= 0.6 is 11.3 Å². The maximum Gasteiger partial charge on any atom is 0.272 e. The van der Waals surface area contributed by atoms with Crippen LogP contribution < -0.4 is 21.8 Å². The molecule has 0 aliphatic rings. The third kappa shape index (κ3) is 3.70. The van der Waals surface area contributed by atoms with Gasteiger partial charge in [-0.2, -0.15) is 0 Å². The summed E-state index contributed by atoms with van der Waals surface area (Å²) in [4.78, 5) is 59.0. The van der Waals surface area contributed by atoms with Crippen molar-refractivity contribution in [2.45, 2.75) is 20.8 Å². The number of thiophene rings is 1. The Hall–Kier alpha value is -3.86. The van der Waals surface area contributed by atoms with Crippen molar-refractivity contribution < 1.29 is 9.59 Å². The van der Waals surface area contributed by atoms with Crippen LogP contribution in [0.25, 0.3) is 21.0 Å². The van der Waals surface area contributed by atoms with Crippen LogP contribution in [0, 0.1) is 20.8 Å². The van der Waals surface area contributed by atoms with Gasteiger partial charge in [0.15, 0.2) is 0 Å². The number of benzene rings is 1. The maximum atomic E-state index is 12.7. The van der Waals surface area contributed by atoms with Crippen LogP contribution in [0.5, 0.6) is 0 Å². The molecule has 0 spiro atoms. The van der Waals surface area contributed by atoms with E-state index in [0.717, 1.165) is 21.5 Å². The molecule has 0 saturated heterocycles. The van der Waals surface area contributed by atoms with Crippen molar-refractivity contribution in [3.8, 4) is 0 Å². The second-order valence-corrected chi connectivity index (χ2v) is 7.96. The number of aromatic nitrogens is 4. The molecule has 11 heteroatoms. The van der Waals surface area contributed by atoms with E-state index in [4.69, 9.17) is 0 Å². The fourth-order valence-electron chi connectivity index (χ4n) is 3.46. The topological polar surface area (TPSA) is 150 Å². The highest BCUT2D eigenvalue weighted by Crippen LogP contribution is 2.31. The minimum atomic E-state index is -0.540. The van der Waals surface area contributed by atoms with Gasteiger partial charge in [0.2, 0.25) is 5.91 Å². The van der Waals surface area contributed by atoms with Crippen molar-refractivity contribution in [3.05, 3.63) is 60.9 Å². The second-order valence-electron chi connectivity index (χ2n) is 6.96. The Labute approximate surface area is 178 Å². The van der Waals surface area contributed by atoms with Crippen LogP contribution in [0.2, 0.25) is 0 Å². The quantitative estimate of drug-likeness (QED) is 0.379. The Balaban J connectivity index is 1.53. The van der Waals surface area contributed by atoms with Crippen molar-refractivity contribution in [1.29, 1.82) is 0 Å². The summed E-state index contributed by atoms with van der Waals surface area (Å²) in [6, 6.07) is 4.55. The van der Waals surface area contributed by atoms with Gasteiger partial charge >= 0.3 is 0 Å². The van der Waals surface area contributed by atoms with Crippen molar-refractivity contribution in [1.82, 2.24) is 25.5 Å². The van der Waals surface area contributed by atoms with E-state index >= 15 is 0 Å². The van der Waals surface area contributed by atoms with Gasteiger partial charge < -0.3 is 10.6 Å². The Morgan fingerprint density at radius 1 is 1.03 bits per heavy atom. The number of rotatable bonds is 4. The smallest absolute Gasteiger partial charge is 0.272 e. The summed E-state index contributed by atoms with van der Waals surface area (Å²) in [6.07, 6.45) is 0. The van der Waals surface area contributed by atoms with Crippen LogP contribution in [-0.2, 0) is 4.79 Å². The number of nitrogens with one attached hydrogen (secondary N) is 4. The third-order valence-corrected chi connectivity index (χ3v) is 5.98. The SMILES string of the molecule is Cc1nc(C)c2c(C)c(C(=O)NCC(=O)Nc3cccc4c(=O)[nH][nH]c(=O)c34)sc2n1. The molecular weight excluding hydrogens is 420 g/mol. The molecule has 0 unspecified atom stereocenters. The molecule has 0 fully saturated rings. The first-order valence-electron chi connectivity index (χ1n) is 9.32. The molecule has 3 heterocycles.